The third-order valence-electron chi connectivity index (χ3n) is 2.34. The molecule has 1 aromatic rings. The summed E-state index contributed by atoms with van der Waals surface area (Å²) in [7, 11) is 1.69. The Morgan fingerprint density at radius 1 is 1.41 bits per heavy atom. The molecule has 1 heterocycles. The highest BCUT2D eigenvalue weighted by Crippen LogP contribution is 2.02. The zero-order valence-corrected chi connectivity index (χ0v) is 11.4. The van der Waals surface area contributed by atoms with E-state index in [-0.39, 0.29) is 0 Å². The lowest BCUT2D eigenvalue weighted by Crippen LogP contribution is -2.21. The molecule has 0 aliphatic heterocycles. The predicted octanol–water partition coefficient (Wildman–Crippen LogP) is 0.552. The quantitative estimate of drug-likeness (QED) is 0.619. The molecule has 0 spiro atoms. The second-order valence-corrected chi connectivity index (χ2v) is 4.67. The molecule has 0 saturated heterocycles. The molecule has 0 aliphatic carbocycles. The van der Waals surface area contributed by atoms with Gasteiger partial charge in [-0.05, 0) is 35.3 Å². The van der Waals surface area contributed by atoms with Gasteiger partial charge in [0.2, 0.25) is 0 Å². The van der Waals surface area contributed by atoms with Crippen LogP contribution in [0.4, 0.5) is 0 Å². The Morgan fingerprint density at radius 2 is 2.29 bits per heavy atom. The molecule has 0 aromatic carbocycles. The maximum absolute atomic E-state index is 4.96. The Balaban J connectivity index is 2.22. The van der Waals surface area contributed by atoms with Gasteiger partial charge in [0.05, 0.1) is 13.2 Å². The van der Waals surface area contributed by atoms with Gasteiger partial charge < -0.3 is 10.1 Å². The van der Waals surface area contributed by atoms with Crippen molar-refractivity contribution >= 4 is 11.8 Å². The molecule has 0 fully saturated rings. The molecule has 6 nitrogen and oxygen atoms in total. The topological polar surface area (TPSA) is 64.9 Å². The summed E-state index contributed by atoms with van der Waals surface area (Å²) in [6, 6.07) is 0. The second kappa shape index (κ2) is 9.38. The summed E-state index contributed by atoms with van der Waals surface area (Å²) >= 11 is 1.88. The molecule has 0 unspecified atom stereocenters. The van der Waals surface area contributed by atoms with E-state index in [4.69, 9.17) is 4.74 Å². The lowest BCUT2D eigenvalue weighted by Gasteiger charge is -2.05. The Bertz CT molecular complexity index is 267. The lowest BCUT2D eigenvalue weighted by molar-refractivity contribution is 0.198. The van der Waals surface area contributed by atoms with E-state index < -0.39 is 0 Å². The molecule has 0 saturated carbocycles. The van der Waals surface area contributed by atoms with Gasteiger partial charge in [-0.25, -0.2) is 4.68 Å². The van der Waals surface area contributed by atoms with Crippen molar-refractivity contribution < 1.29 is 4.74 Å². The van der Waals surface area contributed by atoms with Crippen LogP contribution in [0.15, 0.2) is 0 Å². The molecule has 0 radical (unpaired) electrons. The van der Waals surface area contributed by atoms with Gasteiger partial charge in [-0.2, -0.15) is 11.8 Å². The number of hydrogen-bond acceptors (Lipinski definition) is 6. The van der Waals surface area contributed by atoms with Crippen molar-refractivity contribution in [3.63, 3.8) is 0 Å². The molecule has 1 aromatic heterocycles. The van der Waals surface area contributed by atoms with Gasteiger partial charge in [-0.3, -0.25) is 0 Å². The number of rotatable bonds is 10. The summed E-state index contributed by atoms with van der Waals surface area (Å²) in [5.41, 5.74) is 0. The Morgan fingerprint density at radius 3 is 3.06 bits per heavy atom. The fourth-order valence-electron chi connectivity index (χ4n) is 1.41. The number of ether oxygens (including phenoxy) is 1. The number of aryl methyl sites for hydroxylation is 1. The van der Waals surface area contributed by atoms with E-state index >= 15 is 0 Å². The second-order valence-electron chi connectivity index (χ2n) is 3.69. The minimum Gasteiger partial charge on any atom is -0.383 e. The SMILES string of the molecule is COCCNCc1nnnn1CCCCSC. The molecule has 7 heteroatoms. The largest absolute Gasteiger partial charge is 0.383 e. The molecule has 17 heavy (non-hydrogen) atoms. The van der Waals surface area contributed by atoms with E-state index in [0.29, 0.717) is 13.2 Å². The first-order chi connectivity index (χ1) is 8.38. The van der Waals surface area contributed by atoms with Crippen LogP contribution in [-0.4, -0.2) is 52.5 Å². The van der Waals surface area contributed by atoms with Gasteiger partial charge >= 0.3 is 0 Å². The first-order valence-corrected chi connectivity index (χ1v) is 7.21. The van der Waals surface area contributed by atoms with E-state index in [1.165, 1.54) is 12.2 Å². The van der Waals surface area contributed by atoms with Gasteiger partial charge in [0, 0.05) is 20.2 Å². The van der Waals surface area contributed by atoms with Crippen molar-refractivity contribution in [2.75, 3.05) is 32.3 Å². The van der Waals surface area contributed by atoms with Gasteiger partial charge in [0.25, 0.3) is 0 Å². The maximum Gasteiger partial charge on any atom is 0.165 e. The number of unbranched alkanes of at least 4 members (excludes halogenated alkanes) is 1. The van der Waals surface area contributed by atoms with Gasteiger partial charge in [-0.1, -0.05) is 0 Å². The summed E-state index contributed by atoms with van der Waals surface area (Å²) in [6.45, 7) is 3.11. The molecule has 0 amide bonds. The Kier molecular flexibility index (Phi) is 7.94. The molecule has 0 atom stereocenters. The Labute approximate surface area is 106 Å². The normalized spacial score (nSPS) is 10.9. The highest BCUT2D eigenvalue weighted by atomic mass is 32.2. The summed E-state index contributed by atoms with van der Waals surface area (Å²) < 4.78 is 6.84. The van der Waals surface area contributed by atoms with Crippen LogP contribution in [0.2, 0.25) is 0 Å². The average Bonchev–Trinajstić information content (AvgIpc) is 2.78. The number of aromatic nitrogens is 4. The van der Waals surface area contributed by atoms with Gasteiger partial charge in [0.1, 0.15) is 0 Å². The first-order valence-electron chi connectivity index (χ1n) is 5.82. The summed E-state index contributed by atoms with van der Waals surface area (Å²) in [5, 5.41) is 14.9. The van der Waals surface area contributed by atoms with E-state index in [1.54, 1.807) is 7.11 Å². The average molecular weight is 259 g/mol. The maximum atomic E-state index is 4.96. The van der Waals surface area contributed by atoms with Crippen molar-refractivity contribution in [2.24, 2.45) is 0 Å². The predicted molar refractivity (Wildman–Crippen MR) is 69.0 cm³/mol. The highest BCUT2D eigenvalue weighted by Gasteiger charge is 2.04. The number of nitrogens with zero attached hydrogens (tertiary/aromatic N) is 4. The number of methoxy groups -OCH3 is 1. The van der Waals surface area contributed by atoms with Crippen LogP contribution in [-0.2, 0) is 17.8 Å². The number of hydrogen-bond donors (Lipinski definition) is 1. The third-order valence-corrected chi connectivity index (χ3v) is 3.04. The smallest absolute Gasteiger partial charge is 0.165 e. The monoisotopic (exact) mass is 259 g/mol. The van der Waals surface area contributed by atoms with Crippen LogP contribution in [0.25, 0.3) is 0 Å². The van der Waals surface area contributed by atoms with E-state index in [1.807, 2.05) is 16.4 Å². The number of nitrogens with one attached hydrogen (secondary N) is 1. The first kappa shape index (κ1) is 14.4. The molecule has 0 aliphatic rings. The van der Waals surface area contributed by atoms with Crippen molar-refractivity contribution in [1.29, 1.82) is 0 Å². The third kappa shape index (κ3) is 5.99. The zero-order chi connectivity index (χ0) is 12.3. The lowest BCUT2D eigenvalue weighted by atomic mass is 10.3. The minimum atomic E-state index is 0.693. The molecular formula is C10H21N5OS. The molecule has 1 N–H and O–H groups in total. The van der Waals surface area contributed by atoms with E-state index in [9.17, 15) is 0 Å². The minimum absolute atomic E-state index is 0.693. The molecular weight excluding hydrogens is 238 g/mol. The fourth-order valence-corrected chi connectivity index (χ4v) is 1.90. The summed E-state index contributed by atoms with van der Waals surface area (Å²) in [5.74, 6) is 2.09. The summed E-state index contributed by atoms with van der Waals surface area (Å²) in [6.07, 6.45) is 4.46. The van der Waals surface area contributed by atoms with Crippen LogP contribution >= 0.6 is 11.8 Å². The van der Waals surface area contributed by atoms with Gasteiger partial charge in [0.15, 0.2) is 5.82 Å². The highest BCUT2D eigenvalue weighted by molar-refractivity contribution is 7.98. The van der Waals surface area contributed by atoms with Crippen LogP contribution in [0.1, 0.15) is 18.7 Å². The van der Waals surface area contributed by atoms with Crippen LogP contribution in [0.5, 0.6) is 0 Å². The molecule has 1 rings (SSSR count). The van der Waals surface area contributed by atoms with E-state index in [2.05, 4.69) is 27.1 Å². The van der Waals surface area contributed by atoms with Crippen molar-refractivity contribution in [1.82, 2.24) is 25.5 Å². The zero-order valence-electron chi connectivity index (χ0n) is 10.6. The number of tetrazole rings is 1. The van der Waals surface area contributed by atoms with Crippen LogP contribution in [0, 0.1) is 0 Å². The van der Waals surface area contributed by atoms with Crippen molar-refractivity contribution in [3.05, 3.63) is 5.82 Å². The number of thioether (sulfide) groups is 1. The fraction of sp³-hybridized carbons (Fsp3) is 0.900. The van der Waals surface area contributed by atoms with Crippen LogP contribution < -0.4 is 5.32 Å². The van der Waals surface area contributed by atoms with E-state index in [0.717, 1.165) is 25.3 Å². The van der Waals surface area contributed by atoms with Gasteiger partial charge in [-0.15, -0.1) is 5.10 Å². The van der Waals surface area contributed by atoms with Crippen LogP contribution in [0.3, 0.4) is 0 Å². The molecule has 0 bridgehead atoms. The Hall–Kier alpha value is -0.660. The standard InChI is InChI=1S/C10H21N5OS/c1-16-7-5-11-9-10-12-13-14-15(10)6-3-4-8-17-2/h11H,3-9H2,1-2H3. The van der Waals surface area contributed by atoms with Crippen molar-refractivity contribution in [2.45, 2.75) is 25.9 Å². The molecule has 98 valence electrons. The summed E-state index contributed by atoms with van der Waals surface area (Å²) in [4.78, 5) is 0. The van der Waals surface area contributed by atoms with Crippen molar-refractivity contribution in [3.8, 4) is 0 Å².